The van der Waals surface area contributed by atoms with Crippen molar-refractivity contribution < 1.29 is 4.79 Å². The molecule has 1 amide bonds. The van der Waals surface area contributed by atoms with Crippen LogP contribution in [0.25, 0.3) is 0 Å². The highest BCUT2D eigenvalue weighted by Crippen LogP contribution is 2.49. The van der Waals surface area contributed by atoms with Gasteiger partial charge in [0.25, 0.3) is 0 Å². The Bertz CT molecular complexity index is 235. The zero-order chi connectivity index (χ0) is 8.18. The molecule has 2 heterocycles. The molecule has 0 radical (unpaired) electrons. The standard InChI is InChI=1S/C9H14N2O/c12-8-9(4-10-5-9)2-6-1-7(6)3-11-8/h6-7,10H,1-5H2,(H,11,12)/t6-,7+/m1/s1. The van der Waals surface area contributed by atoms with Crippen molar-refractivity contribution >= 4 is 5.91 Å². The van der Waals surface area contributed by atoms with Crippen LogP contribution in [0.2, 0.25) is 0 Å². The number of amides is 1. The lowest BCUT2D eigenvalue weighted by Gasteiger charge is -2.40. The van der Waals surface area contributed by atoms with Gasteiger partial charge in [-0.3, -0.25) is 4.79 Å². The second kappa shape index (κ2) is 2.02. The number of hydrogen-bond donors (Lipinski definition) is 2. The van der Waals surface area contributed by atoms with Gasteiger partial charge in [-0.2, -0.15) is 0 Å². The van der Waals surface area contributed by atoms with Crippen molar-refractivity contribution in [3.63, 3.8) is 0 Å². The molecule has 12 heavy (non-hydrogen) atoms. The number of carbonyl (C=O) groups excluding carboxylic acids is 1. The first-order valence-corrected chi connectivity index (χ1v) is 4.79. The van der Waals surface area contributed by atoms with Crippen LogP contribution in [0, 0.1) is 17.3 Å². The van der Waals surface area contributed by atoms with Gasteiger partial charge in [-0.05, 0) is 24.7 Å². The molecule has 3 aliphatic rings. The Balaban J connectivity index is 1.84. The molecular weight excluding hydrogens is 152 g/mol. The number of nitrogens with one attached hydrogen (secondary N) is 2. The van der Waals surface area contributed by atoms with Gasteiger partial charge in [0.05, 0.1) is 5.41 Å². The van der Waals surface area contributed by atoms with E-state index in [2.05, 4.69) is 10.6 Å². The Morgan fingerprint density at radius 1 is 1.33 bits per heavy atom. The van der Waals surface area contributed by atoms with Gasteiger partial charge in [-0.25, -0.2) is 0 Å². The first kappa shape index (κ1) is 6.89. The van der Waals surface area contributed by atoms with E-state index >= 15 is 0 Å². The van der Waals surface area contributed by atoms with E-state index in [9.17, 15) is 4.79 Å². The number of carbonyl (C=O) groups is 1. The maximum Gasteiger partial charge on any atom is 0.228 e. The molecule has 0 aromatic heterocycles. The van der Waals surface area contributed by atoms with Crippen LogP contribution in [0.5, 0.6) is 0 Å². The van der Waals surface area contributed by atoms with Gasteiger partial charge < -0.3 is 10.6 Å². The molecule has 2 saturated heterocycles. The average Bonchev–Trinajstić information content (AvgIpc) is 2.69. The van der Waals surface area contributed by atoms with Gasteiger partial charge in [0.1, 0.15) is 0 Å². The van der Waals surface area contributed by atoms with E-state index in [0.717, 1.165) is 37.9 Å². The van der Waals surface area contributed by atoms with Gasteiger partial charge in [0.2, 0.25) is 5.91 Å². The summed E-state index contributed by atoms with van der Waals surface area (Å²) in [5.74, 6) is 1.97. The van der Waals surface area contributed by atoms with Gasteiger partial charge in [0.15, 0.2) is 0 Å². The van der Waals surface area contributed by atoms with Gasteiger partial charge in [0, 0.05) is 19.6 Å². The Kier molecular flexibility index (Phi) is 1.16. The molecule has 0 aromatic rings. The fourth-order valence-corrected chi connectivity index (χ4v) is 2.55. The summed E-state index contributed by atoms with van der Waals surface area (Å²) in [5, 5.41) is 6.26. The minimum Gasteiger partial charge on any atom is -0.355 e. The molecule has 3 fully saturated rings. The third-order valence-electron chi connectivity index (χ3n) is 3.66. The Morgan fingerprint density at radius 2 is 2.17 bits per heavy atom. The molecule has 3 rings (SSSR count). The highest BCUT2D eigenvalue weighted by Gasteiger charge is 2.53. The molecule has 0 aromatic carbocycles. The molecule has 0 bridgehead atoms. The van der Waals surface area contributed by atoms with E-state index in [0.29, 0.717) is 5.91 Å². The second-order valence-corrected chi connectivity index (χ2v) is 4.55. The predicted molar refractivity (Wildman–Crippen MR) is 44.5 cm³/mol. The molecule has 1 spiro atoms. The monoisotopic (exact) mass is 166 g/mol. The van der Waals surface area contributed by atoms with Crippen molar-refractivity contribution in [2.45, 2.75) is 12.8 Å². The fourth-order valence-electron chi connectivity index (χ4n) is 2.55. The third kappa shape index (κ3) is 0.774. The predicted octanol–water partition coefficient (Wildman–Crippen LogP) is -0.268. The van der Waals surface area contributed by atoms with Crippen LogP contribution in [0.15, 0.2) is 0 Å². The van der Waals surface area contributed by atoms with Gasteiger partial charge >= 0.3 is 0 Å². The maximum absolute atomic E-state index is 11.6. The lowest BCUT2D eigenvalue weighted by molar-refractivity contribution is -0.134. The molecule has 2 N–H and O–H groups in total. The van der Waals surface area contributed by atoms with Crippen molar-refractivity contribution in [1.82, 2.24) is 10.6 Å². The summed E-state index contributed by atoms with van der Waals surface area (Å²) in [5.41, 5.74) is -0.00405. The summed E-state index contributed by atoms with van der Waals surface area (Å²) in [4.78, 5) is 11.6. The lowest BCUT2D eigenvalue weighted by atomic mass is 9.76. The van der Waals surface area contributed by atoms with Crippen LogP contribution in [0.1, 0.15) is 12.8 Å². The molecule has 3 nitrogen and oxygen atoms in total. The fraction of sp³-hybridized carbons (Fsp3) is 0.889. The van der Waals surface area contributed by atoms with Crippen molar-refractivity contribution in [3.05, 3.63) is 0 Å². The zero-order valence-electron chi connectivity index (χ0n) is 7.10. The second-order valence-electron chi connectivity index (χ2n) is 4.55. The lowest BCUT2D eigenvalue weighted by Crippen LogP contribution is -2.61. The molecule has 1 aliphatic carbocycles. The smallest absolute Gasteiger partial charge is 0.228 e. The van der Waals surface area contributed by atoms with Crippen LogP contribution < -0.4 is 10.6 Å². The van der Waals surface area contributed by atoms with Gasteiger partial charge in [-0.1, -0.05) is 0 Å². The summed E-state index contributed by atoms with van der Waals surface area (Å²) in [6.07, 6.45) is 2.48. The summed E-state index contributed by atoms with van der Waals surface area (Å²) in [6, 6.07) is 0. The average molecular weight is 166 g/mol. The quantitative estimate of drug-likeness (QED) is 0.520. The highest BCUT2D eigenvalue weighted by molar-refractivity contribution is 5.84. The van der Waals surface area contributed by atoms with E-state index in [1.807, 2.05) is 0 Å². The minimum absolute atomic E-state index is 0.00405. The SMILES string of the molecule is O=C1NC[C@@H]2C[C@@H]2CC12CNC2. The molecular formula is C9H14N2O. The van der Waals surface area contributed by atoms with Crippen LogP contribution in [-0.2, 0) is 4.79 Å². The van der Waals surface area contributed by atoms with Crippen LogP contribution in [0.3, 0.4) is 0 Å². The Labute approximate surface area is 71.9 Å². The maximum atomic E-state index is 11.6. The topological polar surface area (TPSA) is 41.1 Å². The molecule has 3 heteroatoms. The van der Waals surface area contributed by atoms with Crippen molar-refractivity contribution in [2.24, 2.45) is 17.3 Å². The van der Waals surface area contributed by atoms with E-state index in [4.69, 9.17) is 0 Å². The normalized spacial score (nSPS) is 42.5. The van der Waals surface area contributed by atoms with Crippen LogP contribution >= 0.6 is 0 Å². The van der Waals surface area contributed by atoms with Crippen molar-refractivity contribution in [1.29, 1.82) is 0 Å². The first-order chi connectivity index (χ1) is 5.80. The number of fused-ring (bicyclic) bond motifs is 1. The van der Waals surface area contributed by atoms with E-state index < -0.39 is 0 Å². The van der Waals surface area contributed by atoms with Crippen molar-refractivity contribution in [3.8, 4) is 0 Å². The van der Waals surface area contributed by atoms with E-state index in [1.165, 1.54) is 6.42 Å². The van der Waals surface area contributed by atoms with Crippen molar-refractivity contribution in [2.75, 3.05) is 19.6 Å². The third-order valence-corrected chi connectivity index (χ3v) is 3.66. The first-order valence-electron chi connectivity index (χ1n) is 4.79. The summed E-state index contributed by atoms with van der Waals surface area (Å²) in [6.45, 7) is 2.75. The summed E-state index contributed by atoms with van der Waals surface area (Å²) >= 11 is 0. The zero-order valence-corrected chi connectivity index (χ0v) is 7.10. The largest absolute Gasteiger partial charge is 0.355 e. The van der Waals surface area contributed by atoms with E-state index in [1.54, 1.807) is 0 Å². The molecule has 2 atom stereocenters. The Morgan fingerprint density at radius 3 is 2.83 bits per heavy atom. The molecule has 0 unspecified atom stereocenters. The summed E-state index contributed by atoms with van der Waals surface area (Å²) < 4.78 is 0. The summed E-state index contributed by atoms with van der Waals surface area (Å²) in [7, 11) is 0. The van der Waals surface area contributed by atoms with Gasteiger partial charge in [-0.15, -0.1) is 0 Å². The molecule has 2 aliphatic heterocycles. The minimum atomic E-state index is -0.00405. The van der Waals surface area contributed by atoms with Crippen LogP contribution in [-0.4, -0.2) is 25.5 Å². The van der Waals surface area contributed by atoms with Crippen LogP contribution in [0.4, 0.5) is 0 Å². The number of hydrogen-bond acceptors (Lipinski definition) is 2. The molecule has 1 saturated carbocycles. The Hall–Kier alpha value is -0.570. The molecule has 66 valence electrons. The highest BCUT2D eigenvalue weighted by atomic mass is 16.2. The number of rotatable bonds is 0. The van der Waals surface area contributed by atoms with E-state index in [-0.39, 0.29) is 5.41 Å².